The van der Waals surface area contributed by atoms with Crippen molar-refractivity contribution in [2.75, 3.05) is 11.2 Å². The van der Waals surface area contributed by atoms with Crippen molar-refractivity contribution in [1.29, 1.82) is 0 Å². The number of hydrogen-bond donors (Lipinski definition) is 1. The van der Waals surface area contributed by atoms with Gasteiger partial charge in [0.1, 0.15) is 0 Å². The van der Waals surface area contributed by atoms with Crippen LogP contribution < -0.4 is 5.32 Å². The molecule has 0 bridgehead atoms. The average Bonchev–Trinajstić information content (AvgIpc) is 2.49. The molecule has 2 rings (SSSR count). The van der Waals surface area contributed by atoms with Gasteiger partial charge in [-0.2, -0.15) is 0 Å². The lowest BCUT2D eigenvalue weighted by Gasteiger charge is -2.13. The van der Waals surface area contributed by atoms with Gasteiger partial charge in [0.15, 0.2) is 0 Å². The molecule has 1 unspecified atom stereocenters. The summed E-state index contributed by atoms with van der Waals surface area (Å²) >= 11 is 5.72. The molecule has 1 amide bonds. The Balaban J connectivity index is 2.16. The van der Waals surface area contributed by atoms with Crippen LogP contribution in [0.15, 0.2) is 54.6 Å². The van der Waals surface area contributed by atoms with Crippen molar-refractivity contribution in [3.63, 3.8) is 0 Å². The Bertz CT molecular complexity index is 568. The van der Waals surface area contributed by atoms with E-state index in [-0.39, 0.29) is 11.8 Å². The summed E-state index contributed by atoms with van der Waals surface area (Å²) in [4.78, 5) is 12.0. The Kier molecular flexibility index (Phi) is 5.19. The number of alkyl halides is 1. The molecular formula is C17H18ClNO. The van der Waals surface area contributed by atoms with E-state index in [1.807, 2.05) is 49.4 Å². The van der Waals surface area contributed by atoms with E-state index in [2.05, 4.69) is 17.4 Å². The Labute approximate surface area is 124 Å². The summed E-state index contributed by atoms with van der Waals surface area (Å²) in [6.45, 7) is 1.82. The summed E-state index contributed by atoms with van der Waals surface area (Å²) in [5, 5.41) is 2.96. The molecule has 0 aliphatic heterocycles. The van der Waals surface area contributed by atoms with E-state index in [4.69, 9.17) is 11.6 Å². The number of para-hydroxylation sites is 1. The van der Waals surface area contributed by atoms with Crippen LogP contribution in [0.3, 0.4) is 0 Å². The van der Waals surface area contributed by atoms with Crippen molar-refractivity contribution in [3.05, 3.63) is 65.7 Å². The maximum atomic E-state index is 12.0. The lowest BCUT2D eigenvalue weighted by molar-refractivity contribution is -0.118. The van der Waals surface area contributed by atoms with Crippen molar-refractivity contribution in [2.24, 2.45) is 5.92 Å². The van der Waals surface area contributed by atoms with Crippen LogP contribution in [0, 0.1) is 5.92 Å². The second-order valence-corrected chi connectivity index (χ2v) is 5.17. The zero-order valence-electron chi connectivity index (χ0n) is 11.5. The largest absolute Gasteiger partial charge is 0.326 e. The third-order valence-corrected chi connectivity index (χ3v) is 3.65. The fourth-order valence-electron chi connectivity index (χ4n) is 1.94. The van der Waals surface area contributed by atoms with Gasteiger partial charge in [0.05, 0.1) is 0 Å². The summed E-state index contributed by atoms with van der Waals surface area (Å²) in [5.74, 6) is 0.0918. The Morgan fingerprint density at radius 2 is 1.75 bits per heavy atom. The molecule has 1 atom stereocenters. The first-order chi connectivity index (χ1) is 9.70. The highest BCUT2D eigenvalue weighted by Gasteiger charge is 2.13. The summed E-state index contributed by atoms with van der Waals surface area (Å²) in [7, 11) is 0. The van der Waals surface area contributed by atoms with Crippen LogP contribution in [0.5, 0.6) is 0 Å². The van der Waals surface area contributed by atoms with Crippen LogP contribution in [-0.2, 0) is 11.2 Å². The van der Waals surface area contributed by atoms with E-state index in [0.717, 1.165) is 17.7 Å². The second kappa shape index (κ2) is 7.11. The van der Waals surface area contributed by atoms with E-state index < -0.39 is 0 Å². The summed E-state index contributed by atoms with van der Waals surface area (Å²) < 4.78 is 0. The molecule has 0 saturated carbocycles. The highest BCUT2D eigenvalue weighted by molar-refractivity contribution is 6.19. The number of carbonyl (C=O) groups excluding carboxylic acids is 1. The molecule has 0 saturated heterocycles. The standard InChI is InChI=1S/C17H18ClNO/c1-13(12-18)17(20)19-16-10-6-5-9-15(16)11-14-7-3-2-4-8-14/h2-10,13H,11-12H2,1H3,(H,19,20). The zero-order valence-corrected chi connectivity index (χ0v) is 12.2. The molecule has 2 aromatic rings. The molecule has 0 aromatic heterocycles. The highest BCUT2D eigenvalue weighted by Crippen LogP contribution is 2.20. The van der Waals surface area contributed by atoms with E-state index in [9.17, 15) is 4.79 Å². The van der Waals surface area contributed by atoms with Crippen molar-refractivity contribution in [1.82, 2.24) is 0 Å². The number of amides is 1. The van der Waals surface area contributed by atoms with Crippen LogP contribution in [0.1, 0.15) is 18.1 Å². The van der Waals surface area contributed by atoms with Crippen molar-refractivity contribution in [2.45, 2.75) is 13.3 Å². The normalized spacial score (nSPS) is 11.9. The van der Waals surface area contributed by atoms with E-state index in [0.29, 0.717) is 5.88 Å². The smallest absolute Gasteiger partial charge is 0.228 e. The third-order valence-electron chi connectivity index (χ3n) is 3.19. The van der Waals surface area contributed by atoms with E-state index in [1.165, 1.54) is 5.56 Å². The van der Waals surface area contributed by atoms with Crippen LogP contribution >= 0.6 is 11.6 Å². The van der Waals surface area contributed by atoms with Gasteiger partial charge < -0.3 is 5.32 Å². The van der Waals surface area contributed by atoms with Gasteiger partial charge in [-0.3, -0.25) is 4.79 Å². The van der Waals surface area contributed by atoms with Crippen molar-refractivity contribution >= 4 is 23.2 Å². The molecule has 0 heterocycles. The molecule has 2 aromatic carbocycles. The molecule has 0 spiro atoms. The molecule has 0 aliphatic carbocycles. The Hall–Kier alpha value is -1.80. The van der Waals surface area contributed by atoms with Gasteiger partial charge in [-0.1, -0.05) is 55.5 Å². The number of carbonyl (C=O) groups is 1. The predicted octanol–water partition coefficient (Wildman–Crippen LogP) is 4.09. The zero-order chi connectivity index (χ0) is 14.4. The van der Waals surface area contributed by atoms with Crippen molar-refractivity contribution < 1.29 is 4.79 Å². The van der Waals surface area contributed by atoms with Gasteiger partial charge in [0.2, 0.25) is 5.91 Å². The summed E-state index contributed by atoms with van der Waals surface area (Å²) in [6, 6.07) is 18.1. The minimum atomic E-state index is -0.193. The summed E-state index contributed by atoms with van der Waals surface area (Å²) in [5.41, 5.74) is 3.19. The van der Waals surface area contributed by atoms with Gasteiger partial charge in [-0.25, -0.2) is 0 Å². The monoisotopic (exact) mass is 287 g/mol. The van der Waals surface area contributed by atoms with Gasteiger partial charge >= 0.3 is 0 Å². The topological polar surface area (TPSA) is 29.1 Å². The number of nitrogens with one attached hydrogen (secondary N) is 1. The lowest BCUT2D eigenvalue weighted by Crippen LogP contribution is -2.22. The first kappa shape index (κ1) is 14.6. The molecule has 1 N–H and O–H groups in total. The lowest BCUT2D eigenvalue weighted by atomic mass is 10.0. The SMILES string of the molecule is CC(CCl)C(=O)Nc1ccccc1Cc1ccccc1. The Morgan fingerprint density at radius 1 is 1.10 bits per heavy atom. The fraction of sp³-hybridized carbons (Fsp3) is 0.235. The first-order valence-corrected chi connectivity index (χ1v) is 7.23. The molecule has 20 heavy (non-hydrogen) atoms. The van der Waals surface area contributed by atoms with E-state index in [1.54, 1.807) is 0 Å². The average molecular weight is 288 g/mol. The molecule has 0 fully saturated rings. The molecule has 2 nitrogen and oxygen atoms in total. The number of halogens is 1. The minimum absolute atomic E-state index is 0.0412. The maximum absolute atomic E-state index is 12.0. The molecular weight excluding hydrogens is 270 g/mol. The Morgan fingerprint density at radius 3 is 2.45 bits per heavy atom. The van der Waals surface area contributed by atoms with Gasteiger partial charge in [-0.15, -0.1) is 11.6 Å². The molecule has 0 aliphatic rings. The van der Waals surface area contributed by atoms with Crippen LogP contribution in [0.25, 0.3) is 0 Å². The first-order valence-electron chi connectivity index (χ1n) is 6.69. The number of benzene rings is 2. The minimum Gasteiger partial charge on any atom is -0.326 e. The predicted molar refractivity (Wildman–Crippen MR) is 84.2 cm³/mol. The molecule has 0 radical (unpaired) electrons. The third kappa shape index (κ3) is 3.84. The highest BCUT2D eigenvalue weighted by atomic mass is 35.5. The quantitative estimate of drug-likeness (QED) is 0.825. The fourth-order valence-corrected chi connectivity index (χ4v) is 2.08. The second-order valence-electron chi connectivity index (χ2n) is 4.86. The molecule has 104 valence electrons. The number of anilines is 1. The van der Waals surface area contributed by atoms with Gasteiger partial charge in [0.25, 0.3) is 0 Å². The summed E-state index contributed by atoms with van der Waals surface area (Å²) in [6.07, 6.45) is 0.798. The van der Waals surface area contributed by atoms with Gasteiger partial charge in [-0.05, 0) is 23.6 Å². The van der Waals surface area contributed by atoms with Crippen LogP contribution in [-0.4, -0.2) is 11.8 Å². The maximum Gasteiger partial charge on any atom is 0.228 e. The molecule has 3 heteroatoms. The number of rotatable bonds is 5. The van der Waals surface area contributed by atoms with Gasteiger partial charge in [0, 0.05) is 17.5 Å². The number of hydrogen-bond acceptors (Lipinski definition) is 1. The van der Waals surface area contributed by atoms with Crippen LogP contribution in [0.4, 0.5) is 5.69 Å². The van der Waals surface area contributed by atoms with E-state index >= 15 is 0 Å². The van der Waals surface area contributed by atoms with Crippen molar-refractivity contribution in [3.8, 4) is 0 Å². The van der Waals surface area contributed by atoms with Crippen LogP contribution in [0.2, 0.25) is 0 Å².